The minimum atomic E-state index is -0.557. The van der Waals surface area contributed by atoms with Crippen molar-refractivity contribution in [1.29, 1.82) is 0 Å². The highest BCUT2D eigenvalue weighted by atomic mass is 19.1. The van der Waals surface area contributed by atoms with Crippen molar-refractivity contribution in [1.82, 2.24) is 19.4 Å². The zero-order chi connectivity index (χ0) is 25.8. The minimum absolute atomic E-state index is 0.0816. The average molecular weight is 484 g/mol. The van der Waals surface area contributed by atoms with Gasteiger partial charge in [0.2, 0.25) is 0 Å². The molecule has 0 saturated carbocycles. The number of hydrogen-bond acceptors (Lipinski definition) is 3. The lowest BCUT2D eigenvalue weighted by atomic mass is 9.84. The summed E-state index contributed by atoms with van der Waals surface area (Å²) in [6.45, 7) is 7.47. The number of urea groups is 1. The van der Waals surface area contributed by atoms with Crippen molar-refractivity contribution >= 4 is 6.03 Å². The van der Waals surface area contributed by atoms with Crippen molar-refractivity contribution in [2.24, 2.45) is 11.1 Å². The molecule has 0 saturated heterocycles. The van der Waals surface area contributed by atoms with E-state index in [2.05, 4.69) is 0 Å². The standard InChI is InChI=1S/C27H35F2N5O/c1-27(2,3)24(34(15-9-14-30)26(35)32(4)5)25-31-23(21-16-20(28)12-13-22(21)29)18-33(25)17-19-10-7-6-8-11-19/h6-8,10-13,16,18,24H,9,14-15,17,30H2,1-5H3/t24-/m0/s1. The van der Waals surface area contributed by atoms with Gasteiger partial charge in [0, 0.05) is 38.9 Å². The van der Waals surface area contributed by atoms with E-state index < -0.39 is 23.1 Å². The first-order valence-electron chi connectivity index (χ1n) is 11.8. The van der Waals surface area contributed by atoms with Gasteiger partial charge in [0.25, 0.3) is 0 Å². The summed E-state index contributed by atoms with van der Waals surface area (Å²) < 4.78 is 30.7. The number of imidazole rings is 1. The topological polar surface area (TPSA) is 67.4 Å². The van der Waals surface area contributed by atoms with Gasteiger partial charge in [-0.2, -0.15) is 0 Å². The Morgan fingerprint density at radius 3 is 2.40 bits per heavy atom. The number of nitrogens with zero attached hydrogens (tertiary/aromatic N) is 4. The van der Waals surface area contributed by atoms with Gasteiger partial charge in [-0.3, -0.25) is 0 Å². The van der Waals surface area contributed by atoms with Crippen LogP contribution in [-0.2, 0) is 6.54 Å². The summed E-state index contributed by atoms with van der Waals surface area (Å²) in [6, 6.07) is 12.6. The number of carbonyl (C=O) groups is 1. The van der Waals surface area contributed by atoms with E-state index in [-0.39, 0.29) is 11.6 Å². The Morgan fingerprint density at radius 1 is 1.11 bits per heavy atom. The summed E-state index contributed by atoms with van der Waals surface area (Å²) in [6.07, 6.45) is 2.36. The van der Waals surface area contributed by atoms with E-state index in [1.165, 1.54) is 4.90 Å². The first-order valence-corrected chi connectivity index (χ1v) is 11.8. The second kappa shape index (κ2) is 11.0. The van der Waals surface area contributed by atoms with E-state index in [9.17, 15) is 13.6 Å². The van der Waals surface area contributed by atoms with Gasteiger partial charge in [-0.15, -0.1) is 0 Å². The van der Waals surface area contributed by atoms with Crippen molar-refractivity contribution in [2.75, 3.05) is 27.2 Å². The van der Waals surface area contributed by atoms with Gasteiger partial charge < -0.3 is 20.1 Å². The van der Waals surface area contributed by atoms with Crippen LogP contribution in [0.15, 0.2) is 54.7 Å². The van der Waals surface area contributed by atoms with E-state index >= 15 is 0 Å². The molecule has 6 nitrogen and oxygen atoms in total. The summed E-state index contributed by atoms with van der Waals surface area (Å²) in [4.78, 5) is 21.5. The average Bonchev–Trinajstić information content (AvgIpc) is 3.19. The van der Waals surface area contributed by atoms with E-state index in [1.807, 2.05) is 55.7 Å². The zero-order valence-electron chi connectivity index (χ0n) is 21.1. The quantitative estimate of drug-likeness (QED) is 0.473. The molecule has 0 spiro atoms. The number of halogens is 2. The van der Waals surface area contributed by atoms with Crippen LogP contribution in [0.25, 0.3) is 11.3 Å². The Labute approximate surface area is 206 Å². The lowest BCUT2D eigenvalue weighted by Gasteiger charge is -2.41. The lowest BCUT2D eigenvalue weighted by molar-refractivity contribution is 0.0923. The maximum absolute atomic E-state index is 14.7. The predicted molar refractivity (Wildman–Crippen MR) is 135 cm³/mol. The van der Waals surface area contributed by atoms with E-state index in [0.717, 1.165) is 23.8 Å². The Kier molecular flexibility index (Phi) is 8.27. The molecule has 188 valence electrons. The highest BCUT2D eigenvalue weighted by molar-refractivity contribution is 5.74. The maximum Gasteiger partial charge on any atom is 0.320 e. The second-order valence-electron chi connectivity index (χ2n) is 10.0. The van der Waals surface area contributed by atoms with E-state index in [1.54, 1.807) is 25.2 Å². The van der Waals surface area contributed by atoms with Crippen LogP contribution in [0.3, 0.4) is 0 Å². The highest BCUT2D eigenvalue weighted by Gasteiger charge is 2.38. The van der Waals surface area contributed by atoms with Crippen LogP contribution in [0.2, 0.25) is 0 Å². The fraction of sp³-hybridized carbons (Fsp3) is 0.407. The van der Waals surface area contributed by atoms with Gasteiger partial charge in [-0.1, -0.05) is 51.1 Å². The Balaban J connectivity index is 2.22. The molecule has 35 heavy (non-hydrogen) atoms. The van der Waals surface area contributed by atoms with Crippen LogP contribution >= 0.6 is 0 Å². The van der Waals surface area contributed by atoms with Crippen LogP contribution in [0.1, 0.15) is 44.6 Å². The second-order valence-corrected chi connectivity index (χ2v) is 10.0. The molecule has 0 aliphatic carbocycles. The first-order chi connectivity index (χ1) is 16.5. The molecule has 0 bridgehead atoms. The molecule has 2 N–H and O–H groups in total. The molecule has 2 amide bonds. The van der Waals surface area contributed by atoms with Gasteiger partial charge in [0.15, 0.2) is 0 Å². The number of aromatic nitrogens is 2. The van der Waals surface area contributed by atoms with Crippen molar-refractivity contribution in [3.8, 4) is 11.3 Å². The Hall–Kier alpha value is -3.26. The minimum Gasteiger partial charge on any atom is -0.331 e. The number of carbonyl (C=O) groups excluding carboxylic acids is 1. The molecule has 0 unspecified atom stereocenters. The van der Waals surface area contributed by atoms with Crippen LogP contribution < -0.4 is 5.73 Å². The van der Waals surface area contributed by atoms with Crippen LogP contribution in [0.5, 0.6) is 0 Å². The molecule has 1 aromatic heterocycles. The zero-order valence-corrected chi connectivity index (χ0v) is 21.1. The molecule has 3 rings (SSSR count). The molecule has 2 aromatic carbocycles. The fourth-order valence-corrected chi connectivity index (χ4v) is 4.23. The third-order valence-corrected chi connectivity index (χ3v) is 5.82. The molecule has 0 radical (unpaired) electrons. The molecule has 0 aliphatic heterocycles. The molecular weight excluding hydrogens is 448 g/mol. The number of nitrogens with two attached hydrogens (primary N) is 1. The highest BCUT2D eigenvalue weighted by Crippen LogP contribution is 2.39. The van der Waals surface area contributed by atoms with Gasteiger partial charge in [-0.25, -0.2) is 18.6 Å². The van der Waals surface area contributed by atoms with E-state index in [0.29, 0.717) is 37.6 Å². The summed E-state index contributed by atoms with van der Waals surface area (Å²) in [5, 5.41) is 0. The Morgan fingerprint density at radius 2 is 1.80 bits per heavy atom. The molecule has 0 fully saturated rings. The number of amides is 2. The van der Waals surface area contributed by atoms with Crippen LogP contribution in [0.4, 0.5) is 13.6 Å². The largest absolute Gasteiger partial charge is 0.331 e. The van der Waals surface area contributed by atoms with Gasteiger partial charge >= 0.3 is 6.03 Å². The van der Waals surface area contributed by atoms with Crippen molar-refractivity contribution in [3.05, 3.63) is 77.8 Å². The first kappa shape index (κ1) is 26.3. The van der Waals surface area contributed by atoms with Crippen molar-refractivity contribution < 1.29 is 13.6 Å². The normalized spacial score (nSPS) is 12.5. The van der Waals surface area contributed by atoms with Crippen LogP contribution in [0, 0.1) is 17.0 Å². The molecule has 0 aliphatic rings. The van der Waals surface area contributed by atoms with Gasteiger partial charge in [-0.05, 0) is 42.1 Å². The summed E-state index contributed by atoms with van der Waals surface area (Å²) in [7, 11) is 3.42. The van der Waals surface area contributed by atoms with Crippen molar-refractivity contribution in [2.45, 2.75) is 39.8 Å². The predicted octanol–water partition coefficient (Wildman–Crippen LogP) is 5.30. The lowest BCUT2D eigenvalue weighted by Crippen LogP contribution is -2.47. The molecule has 3 aromatic rings. The summed E-state index contributed by atoms with van der Waals surface area (Å²) >= 11 is 0. The molecule has 1 heterocycles. The van der Waals surface area contributed by atoms with Crippen molar-refractivity contribution in [3.63, 3.8) is 0 Å². The molecular formula is C27H35F2N5O. The maximum atomic E-state index is 14.7. The third kappa shape index (κ3) is 6.25. The SMILES string of the molecule is CN(C)C(=O)N(CCCN)[C@@H](c1nc(-c2cc(F)ccc2F)cn1Cc1ccccc1)C(C)(C)C. The van der Waals surface area contributed by atoms with Gasteiger partial charge in [0.1, 0.15) is 17.5 Å². The summed E-state index contributed by atoms with van der Waals surface area (Å²) in [5.74, 6) is -0.494. The Bertz CT molecular complexity index is 1140. The smallest absolute Gasteiger partial charge is 0.320 e. The van der Waals surface area contributed by atoms with Gasteiger partial charge in [0.05, 0.1) is 11.7 Å². The number of rotatable bonds is 8. The van der Waals surface area contributed by atoms with E-state index in [4.69, 9.17) is 10.7 Å². The number of hydrogen-bond donors (Lipinski definition) is 1. The summed E-state index contributed by atoms with van der Waals surface area (Å²) in [5.41, 5.74) is 6.80. The molecule has 8 heteroatoms. The van der Waals surface area contributed by atoms with Crippen LogP contribution in [-0.4, -0.2) is 52.6 Å². The third-order valence-electron chi connectivity index (χ3n) is 5.82. The number of benzene rings is 2. The fourth-order valence-electron chi connectivity index (χ4n) is 4.23. The monoisotopic (exact) mass is 483 g/mol. The molecule has 1 atom stereocenters.